The highest BCUT2D eigenvalue weighted by Crippen LogP contribution is 2.25. The first kappa shape index (κ1) is 12.7. The van der Waals surface area contributed by atoms with Crippen LogP contribution in [0.4, 0.5) is 5.69 Å². The summed E-state index contributed by atoms with van der Waals surface area (Å²) >= 11 is 0. The van der Waals surface area contributed by atoms with Gasteiger partial charge in [0.2, 0.25) is 5.91 Å². The highest BCUT2D eigenvalue weighted by atomic mass is 16.3. The number of phenols is 1. The summed E-state index contributed by atoms with van der Waals surface area (Å²) in [5, 5.41) is 12.2. The summed E-state index contributed by atoms with van der Waals surface area (Å²) in [6.45, 7) is 5.60. The summed E-state index contributed by atoms with van der Waals surface area (Å²) in [4.78, 5) is 14.1. The molecule has 4 nitrogen and oxygen atoms in total. The molecule has 98 valence electrons. The zero-order valence-electron chi connectivity index (χ0n) is 10.9. The molecule has 1 heterocycles. The molecule has 1 aliphatic heterocycles. The van der Waals surface area contributed by atoms with E-state index < -0.39 is 0 Å². The molecule has 1 amide bonds. The maximum absolute atomic E-state index is 11.9. The predicted molar refractivity (Wildman–Crippen MR) is 71.7 cm³/mol. The summed E-state index contributed by atoms with van der Waals surface area (Å²) < 4.78 is 0. The van der Waals surface area contributed by atoms with Crippen LogP contribution in [-0.2, 0) is 4.79 Å². The van der Waals surface area contributed by atoms with Crippen LogP contribution in [0, 0.1) is 5.92 Å². The van der Waals surface area contributed by atoms with E-state index in [-0.39, 0.29) is 23.6 Å². The molecule has 1 aliphatic rings. The van der Waals surface area contributed by atoms with Gasteiger partial charge in [0.1, 0.15) is 5.75 Å². The maximum Gasteiger partial charge on any atom is 0.225 e. The fraction of sp³-hybridized carbons (Fsp3) is 0.500. The normalized spacial score (nSPS) is 19.3. The van der Waals surface area contributed by atoms with E-state index in [4.69, 9.17) is 0 Å². The van der Waals surface area contributed by atoms with Gasteiger partial charge in [-0.1, -0.05) is 0 Å². The minimum atomic E-state index is 0.0706. The third-order valence-corrected chi connectivity index (χ3v) is 3.20. The minimum Gasteiger partial charge on any atom is -0.508 e. The summed E-state index contributed by atoms with van der Waals surface area (Å²) in [6.07, 6.45) is 0.888. The first-order chi connectivity index (χ1) is 8.56. The zero-order chi connectivity index (χ0) is 13.1. The van der Waals surface area contributed by atoms with Crippen molar-refractivity contribution in [3.63, 3.8) is 0 Å². The number of amides is 1. The fourth-order valence-corrected chi connectivity index (χ4v) is 2.27. The topological polar surface area (TPSA) is 52.6 Å². The van der Waals surface area contributed by atoms with E-state index in [0.717, 1.165) is 25.2 Å². The summed E-state index contributed by atoms with van der Waals surface area (Å²) in [5.41, 5.74) is 1.06. The summed E-state index contributed by atoms with van der Waals surface area (Å²) in [7, 11) is 0. The maximum atomic E-state index is 11.9. The van der Waals surface area contributed by atoms with Crippen molar-refractivity contribution in [2.24, 2.45) is 5.92 Å². The van der Waals surface area contributed by atoms with E-state index in [9.17, 15) is 9.90 Å². The van der Waals surface area contributed by atoms with Gasteiger partial charge >= 0.3 is 0 Å². The van der Waals surface area contributed by atoms with Crippen molar-refractivity contribution in [3.8, 4) is 5.75 Å². The third kappa shape index (κ3) is 2.94. The van der Waals surface area contributed by atoms with Crippen molar-refractivity contribution in [2.75, 3.05) is 18.0 Å². The van der Waals surface area contributed by atoms with Crippen molar-refractivity contribution >= 4 is 11.6 Å². The largest absolute Gasteiger partial charge is 0.508 e. The van der Waals surface area contributed by atoms with Gasteiger partial charge in [-0.3, -0.25) is 4.79 Å². The van der Waals surface area contributed by atoms with Gasteiger partial charge in [-0.05, 0) is 44.5 Å². The Balaban J connectivity index is 1.96. The van der Waals surface area contributed by atoms with Gasteiger partial charge in [0, 0.05) is 24.8 Å². The molecule has 1 aromatic carbocycles. The lowest BCUT2D eigenvalue weighted by Gasteiger charge is -2.19. The third-order valence-electron chi connectivity index (χ3n) is 3.20. The minimum absolute atomic E-state index is 0.0706. The van der Waals surface area contributed by atoms with Gasteiger partial charge in [0.25, 0.3) is 0 Å². The van der Waals surface area contributed by atoms with E-state index in [0.29, 0.717) is 0 Å². The van der Waals surface area contributed by atoms with E-state index in [1.807, 2.05) is 26.0 Å². The van der Waals surface area contributed by atoms with Crippen LogP contribution in [-0.4, -0.2) is 30.1 Å². The van der Waals surface area contributed by atoms with Crippen LogP contribution in [0.15, 0.2) is 24.3 Å². The fourth-order valence-electron chi connectivity index (χ4n) is 2.27. The van der Waals surface area contributed by atoms with Gasteiger partial charge < -0.3 is 15.3 Å². The van der Waals surface area contributed by atoms with Crippen molar-refractivity contribution < 1.29 is 9.90 Å². The average Bonchev–Trinajstić information content (AvgIpc) is 2.78. The van der Waals surface area contributed by atoms with Gasteiger partial charge in [-0.2, -0.15) is 0 Å². The Morgan fingerprint density at radius 2 is 2.06 bits per heavy atom. The molecule has 0 spiro atoms. The molecule has 2 N–H and O–H groups in total. The number of hydrogen-bond donors (Lipinski definition) is 2. The molecular formula is C14H20N2O2. The average molecular weight is 248 g/mol. The van der Waals surface area contributed by atoms with Gasteiger partial charge in [-0.25, -0.2) is 0 Å². The summed E-state index contributed by atoms with van der Waals surface area (Å²) in [6, 6.07) is 7.32. The number of benzene rings is 1. The molecule has 1 fully saturated rings. The molecule has 1 saturated heterocycles. The lowest BCUT2D eigenvalue weighted by molar-refractivity contribution is -0.124. The van der Waals surface area contributed by atoms with E-state index in [1.165, 1.54) is 0 Å². The lowest BCUT2D eigenvalue weighted by atomic mass is 10.1. The van der Waals surface area contributed by atoms with Crippen molar-refractivity contribution in [3.05, 3.63) is 24.3 Å². The number of nitrogens with one attached hydrogen (secondary N) is 1. The van der Waals surface area contributed by atoms with Crippen LogP contribution < -0.4 is 10.2 Å². The van der Waals surface area contributed by atoms with Crippen molar-refractivity contribution in [2.45, 2.75) is 26.3 Å². The van der Waals surface area contributed by atoms with Crippen molar-refractivity contribution in [1.29, 1.82) is 0 Å². The number of nitrogens with zero attached hydrogens (tertiary/aromatic N) is 1. The van der Waals surface area contributed by atoms with Crippen LogP contribution in [0.2, 0.25) is 0 Å². The van der Waals surface area contributed by atoms with Crippen LogP contribution in [0.1, 0.15) is 20.3 Å². The molecule has 18 heavy (non-hydrogen) atoms. The second kappa shape index (κ2) is 5.29. The second-order valence-electron chi connectivity index (χ2n) is 5.11. The van der Waals surface area contributed by atoms with E-state index >= 15 is 0 Å². The van der Waals surface area contributed by atoms with Gasteiger partial charge in [-0.15, -0.1) is 0 Å². The Hall–Kier alpha value is -1.71. The quantitative estimate of drug-likeness (QED) is 0.856. The standard InChI is InChI=1S/C14H20N2O2/c1-10(2)15-14(18)11-7-8-16(9-11)12-3-5-13(17)6-4-12/h3-6,10-11,17H,7-9H2,1-2H3,(H,15,18). The Morgan fingerprint density at radius 1 is 1.39 bits per heavy atom. The molecular weight excluding hydrogens is 228 g/mol. The molecule has 2 rings (SSSR count). The highest BCUT2D eigenvalue weighted by Gasteiger charge is 2.28. The Bertz CT molecular complexity index is 414. The molecule has 4 heteroatoms. The number of hydrogen-bond acceptors (Lipinski definition) is 3. The Morgan fingerprint density at radius 3 is 2.67 bits per heavy atom. The smallest absolute Gasteiger partial charge is 0.225 e. The number of rotatable bonds is 3. The monoisotopic (exact) mass is 248 g/mol. The van der Waals surface area contributed by atoms with Crippen LogP contribution in [0.5, 0.6) is 5.75 Å². The molecule has 0 aromatic heterocycles. The number of phenolic OH excluding ortho intramolecular Hbond substituents is 1. The summed E-state index contributed by atoms with van der Waals surface area (Å²) in [5.74, 6) is 0.486. The van der Waals surface area contributed by atoms with Crippen LogP contribution in [0.25, 0.3) is 0 Å². The molecule has 0 saturated carbocycles. The SMILES string of the molecule is CC(C)NC(=O)C1CCN(c2ccc(O)cc2)C1. The first-order valence-electron chi connectivity index (χ1n) is 6.40. The van der Waals surface area contributed by atoms with Gasteiger partial charge in [0.15, 0.2) is 0 Å². The second-order valence-corrected chi connectivity index (χ2v) is 5.11. The molecule has 0 radical (unpaired) electrons. The highest BCUT2D eigenvalue weighted by molar-refractivity contribution is 5.80. The van der Waals surface area contributed by atoms with E-state index in [2.05, 4.69) is 10.2 Å². The van der Waals surface area contributed by atoms with Crippen LogP contribution >= 0.6 is 0 Å². The molecule has 1 unspecified atom stereocenters. The number of carbonyl (C=O) groups is 1. The molecule has 0 bridgehead atoms. The van der Waals surface area contributed by atoms with Crippen LogP contribution in [0.3, 0.4) is 0 Å². The molecule has 1 aromatic rings. The van der Waals surface area contributed by atoms with Crippen molar-refractivity contribution in [1.82, 2.24) is 5.32 Å². The Kier molecular flexibility index (Phi) is 3.75. The predicted octanol–water partition coefficient (Wildman–Crippen LogP) is 1.74. The zero-order valence-corrected chi connectivity index (χ0v) is 10.9. The number of aromatic hydroxyl groups is 1. The Labute approximate surface area is 108 Å². The first-order valence-corrected chi connectivity index (χ1v) is 6.40. The number of carbonyl (C=O) groups excluding carboxylic acids is 1. The molecule has 1 atom stereocenters. The lowest BCUT2D eigenvalue weighted by Crippen LogP contribution is -2.36. The van der Waals surface area contributed by atoms with Gasteiger partial charge in [0.05, 0.1) is 5.92 Å². The molecule has 0 aliphatic carbocycles. The van der Waals surface area contributed by atoms with E-state index in [1.54, 1.807) is 12.1 Å². The number of anilines is 1.